The van der Waals surface area contributed by atoms with Gasteiger partial charge in [-0.1, -0.05) is 19.1 Å². The van der Waals surface area contributed by atoms with Crippen LogP contribution in [0.5, 0.6) is 5.75 Å². The predicted molar refractivity (Wildman–Crippen MR) is 83.2 cm³/mol. The molecule has 0 atom stereocenters. The van der Waals surface area contributed by atoms with Crippen molar-refractivity contribution in [2.75, 3.05) is 6.54 Å². The molecule has 0 saturated heterocycles. The molecule has 0 unspecified atom stereocenters. The van der Waals surface area contributed by atoms with Gasteiger partial charge < -0.3 is 10.1 Å². The molecule has 0 fully saturated rings. The van der Waals surface area contributed by atoms with Crippen LogP contribution in [0.2, 0.25) is 0 Å². The summed E-state index contributed by atoms with van der Waals surface area (Å²) in [5.41, 5.74) is 3.61. The second-order valence-electron chi connectivity index (χ2n) is 5.32. The molecule has 2 rings (SSSR count). The van der Waals surface area contributed by atoms with E-state index in [0.29, 0.717) is 6.61 Å². The molecule has 1 aromatic carbocycles. The van der Waals surface area contributed by atoms with Gasteiger partial charge in [-0.15, -0.1) is 0 Å². The maximum atomic E-state index is 5.93. The molecular formula is C16H24N4O. The fraction of sp³-hybridized carbons (Fsp3) is 0.500. The van der Waals surface area contributed by atoms with Crippen molar-refractivity contribution < 1.29 is 4.74 Å². The average Bonchev–Trinajstić information content (AvgIpc) is 2.84. The van der Waals surface area contributed by atoms with Crippen molar-refractivity contribution in [2.45, 2.75) is 40.3 Å². The Labute approximate surface area is 126 Å². The molecule has 0 aliphatic rings. The second-order valence-corrected chi connectivity index (χ2v) is 5.32. The Morgan fingerprint density at radius 2 is 1.95 bits per heavy atom. The number of hydrogen-bond donors (Lipinski definition) is 1. The van der Waals surface area contributed by atoms with Gasteiger partial charge in [-0.2, -0.15) is 5.10 Å². The number of ether oxygens (including phenoxy) is 1. The molecule has 0 radical (unpaired) electrons. The maximum absolute atomic E-state index is 5.93. The van der Waals surface area contributed by atoms with Crippen molar-refractivity contribution >= 4 is 0 Å². The van der Waals surface area contributed by atoms with Crippen LogP contribution in [0.15, 0.2) is 18.5 Å². The first-order valence-electron chi connectivity index (χ1n) is 7.38. The summed E-state index contributed by atoms with van der Waals surface area (Å²) in [4.78, 5) is 4.17. The summed E-state index contributed by atoms with van der Waals surface area (Å²) in [5.74, 6) is 1.76. The lowest BCUT2D eigenvalue weighted by Crippen LogP contribution is -2.14. The van der Waals surface area contributed by atoms with Gasteiger partial charge >= 0.3 is 0 Å². The molecule has 0 aliphatic carbocycles. The minimum absolute atomic E-state index is 0.436. The third-order valence-electron chi connectivity index (χ3n) is 3.43. The van der Waals surface area contributed by atoms with E-state index in [1.165, 1.54) is 5.56 Å². The summed E-state index contributed by atoms with van der Waals surface area (Å²) in [6, 6.07) is 4.36. The van der Waals surface area contributed by atoms with Crippen molar-refractivity contribution in [1.29, 1.82) is 0 Å². The highest BCUT2D eigenvalue weighted by atomic mass is 16.5. The van der Waals surface area contributed by atoms with Crippen LogP contribution in [-0.4, -0.2) is 21.3 Å². The van der Waals surface area contributed by atoms with Crippen LogP contribution < -0.4 is 10.1 Å². The number of rotatable bonds is 7. The summed E-state index contributed by atoms with van der Waals surface area (Å²) in [6.07, 6.45) is 2.69. The molecule has 21 heavy (non-hydrogen) atoms. The Balaban J connectivity index is 2.04. The maximum Gasteiger partial charge on any atom is 0.164 e. The molecule has 114 valence electrons. The Hall–Kier alpha value is -1.88. The van der Waals surface area contributed by atoms with Gasteiger partial charge in [0.15, 0.2) is 5.82 Å². The molecule has 0 bridgehead atoms. The van der Waals surface area contributed by atoms with E-state index < -0.39 is 0 Å². The SMILES string of the molecule is CCCNCc1cc(C)c(OCc2ncnn2C)c(C)c1. The number of nitrogens with one attached hydrogen (secondary N) is 1. The normalized spacial score (nSPS) is 10.9. The zero-order valence-electron chi connectivity index (χ0n) is 13.3. The van der Waals surface area contributed by atoms with Crippen LogP contribution in [0.4, 0.5) is 0 Å². The van der Waals surface area contributed by atoms with Crippen molar-refractivity contribution in [3.05, 3.63) is 41.0 Å². The highest BCUT2D eigenvalue weighted by molar-refractivity contribution is 5.43. The lowest BCUT2D eigenvalue weighted by Gasteiger charge is -2.14. The zero-order chi connectivity index (χ0) is 15.2. The number of nitrogens with zero attached hydrogens (tertiary/aromatic N) is 3. The molecule has 0 saturated carbocycles. The molecule has 5 heteroatoms. The van der Waals surface area contributed by atoms with E-state index in [4.69, 9.17) is 4.74 Å². The molecule has 1 N–H and O–H groups in total. The van der Waals surface area contributed by atoms with Crippen molar-refractivity contribution in [1.82, 2.24) is 20.1 Å². The minimum atomic E-state index is 0.436. The highest BCUT2D eigenvalue weighted by Crippen LogP contribution is 2.25. The van der Waals surface area contributed by atoms with E-state index in [9.17, 15) is 0 Å². The average molecular weight is 288 g/mol. The Morgan fingerprint density at radius 1 is 1.24 bits per heavy atom. The van der Waals surface area contributed by atoms with Crippen LogP contribution in [0, 0.1) is 13.8 Å². The molecule has 0 spiro atoms. The number of benzene rings is 1. The largest absolute Gasteiger partial charge is 0.485 e. The molecule has 1 aromatic heterocycles. The van der Waals surface area contributed by atoms with Gasteiger partial charge in [-0.25, -0.2) is 4.98 Å². The van der Waals surface area contributed by atoms with Gasteiger partial charge in [-0.05, 0) is 43.5 Å². The fourth-order valence-electron chi connectivity index (χ4n) is 2.37. The zero-order valence-corrected chi connectivity index (χ0v) is 13.3. The molecular weight excluding hydrogens is 264 g/mol. The number of aryl methyl sites for hydroxylation is 3. The van der Waals surface area contributed by atoms with E-state index in [2.05, 4.69) is 48.3 Å². The van der Waals surface area contributed by atoms with Gasteiger partial charge in [0.1, 0.15) is 18.7 Å². The third kappa shape index (κ3) is 4.04. The summed E-state index contributed by atoms with van der Waals surface area (Å²) in [6.45, 7) is 8.73. The van der Waals surface area contributed by atoms with E-state index in [0.717, 1.165) is 42.2 Å². The first-order valence-corrected chi connectivity index (χ1v) is 7.38. The molecule has 1 heterocycles. The van der Waals surface area contributed by atoms with Crippen molar-refractivity contribution in [3.8, 4) is 5.75 Å². The molecule has 5 nitrogen and oxygen atoms in total. The quantitative estimate of drug-likeness (QED) is 0.795. The third-order valence-corrected chi connectivity index (χ3v) is 3.43. The van der Waals surface area contributed by atoms with Crippen molar-refractivity contribution in [2.24, 2.45) is 7.05 Å². The first-order chi connectivity index (χ1) is 10.1. The van der Waals surface area contributed by atoms with Gasteiger partial charge in [-0.3, -0.25) is 4.68 Å². The smallest absolute Gasteiger partial charge is 0.164 e. The van der Waals surface area contributed by atoms with Crippen LogP contribution >= 0.6 is 0 Å². The highest BCUT2D eigenvalue weighted by Gasteiger charge is 2.08. The van der Waals surface area contributed by atoms with Crippen LogP contribution in [0.1, 0.15) is 35.9 Å². The summed E-state index contributed by atoms with van der Waals surface area (Å²) < 4.78 is 7.66. The lowest BCUT2D eigenvalue weighted by molar-refractivity contribution is 0.286. The summed E-state index contributed by atoms with van der Waals surface area (Å²) in [7, 11) is 1.87. The van der Waals surface area contributed by atoms with Gasteiger partial charge in [0, 0.05) is 13.6 Å². The Bertz CT molecular complexity index is 569. The van der Waals surface area contributed by atoms with Crippen LogP contribution in [0.3, 0.4) is 0 Å². The molecule has 2 aromatic rings. The van der Waals surface area contributed by atoms with E-state index in [-0.39, 0.29) is 0 Å². The van der Waals surface area contributed by atoms with E-state index in [1.54, 1.807) is 11.0 Å². The first kappa shape index (κ1) is 15.5. The second kappa shape index (κ2) is 7.22. The van der Waals surface area contributed by atoms with Gasteiger partial charge in [0.25, 0.3) is 0 Å². The van der Waals surface area contributed by atoms with Crippen LogP contribution in [-0.2, 0) is 20.2 Å². The predicted octanol–water partition coefficient (Wildman–Crippen LogP) is 2.51. The van der Waals surface area contributed by atoms with Gasteiger partial charge in [0.05, 0.1) is 0 Å². The molecule has 0 aliphatic heterocycles. The number of aromatic nitrogens is 3. The van der Waals surface area contributed by atoms with Crippen molar-refractivity contribution in [3.63, 3.8) is 0 Å². The fourth-order valence-corrected chi connectivity index (χ4v) is 2.37. The molecule has 0 amide bonds. The Kier molecular flexibility index (Phi) is 5.33. The Morgan fingerprint density at radius 3 is 2.52 bits per heavy atom. The monoisotopic (exact) mass is 288 g/mol. The lowest BCUT2D eigenvalue weighted by atomic mass is 10.1. The summed E-state index contributed by atoms with van der Waals surface area (Å²) in [5, 5.41) is 7.47. The number of hydrogen-bond acceptors (Lipinski definition) is 4. The van der Waals surface area contributed by atoms with Crippen LogP contribution in [0.25, 0.3) is 0 Å². The van der Waals surface area contributed by atoms with E-state index >= 15 is 0 Å². The standard InChI is InChI=1S/C16H24N4O/c1-5-6-17-9-14-7-12(2)16(13(3)8-14)21-10-15-18-11-19-20(15)4/h7-8,11,17H,5-6,9-10H2,1-4H3. The van der Waals surface area contributed by atoms with Gasteiger partial charge in [0.2, 0.25) is 0 Å². The summed E-state index contributed by atoms with van der Waals surface area (Å²) >= 11 is 0. The minimum Gasteiger partial charge on any atom is -0.485 e. The van der Waals surface area contributed by atoms with E-state index in [1.807, 2.05) is 7.05 Å². The topological polar surface area (TPSA) is 52.0 Å².